The van der Waals surface area contributed by atoms with E-state index < -0.39 is 15.1 Å². The number of carbonyl (C=O) groups is 1. The standard InChI is InChI=1S/C21H20N2O4S/c1-15-7-9-16(10-8-15)20-19(13-22-27-20)21(24)23-12-11-18(14-23)28(25,26)17-5-3-2-4-6-17/h2-10,13,18H,11-12,14H2,1H3. The molecule has 0 radical (unpaired) electrons. The number of amides is 1. The average molecular weight is 396 g/mol. The van der Waals surface area contributed by atoms with Gasteiger partial charge >= 0.3 is 0 Å². The Kier molecular flexibility index (Phi) is 4.77. The molecule has 1 fully saturated rings. The van der Waals surface area contributed by atoms with Crippen LogP contribution in [-0.2, 0) is 9.84 Å². The van der Waals surface area contributed by atoms with E-state index in [1.165, 1.54) is 6.20 Å². The summed E-state index contributed by atoms with van der Waals surface area (Å²) < 4.78 is 31.0. The second-order valence-electron chi connectivity index (χ2n) is 6.95. The highest BCUT2D eigenvalue weighted by Crippen LogP contribution is 2.28. The first kappa shape index (κ1) is 18.4. The van der Waals surface area contributed by atoms with Crippen LogP contribution in [0.3, 0.4) is 0 Å². The summed E-state index contributed by atoms with van der Waals surface area (Å²) in [5.41, 5.74) is 2.21. The van der Waals surface area contributed by atoms with Crippen molar-refractivity contribution in [2.75, 3.05) is 13.1 Å². The smallest absolute Gasteiger partial charge is 0.259 e. The first-order valence-electron chi connectivity index (χ1n) is 9.07. The third-order valence-electron chi connectivity index (χ3n) is 5.06. The van der Waals surface area contributed by atoms with E-state index >= 15 is 0 Å². The summed E-state index contributed by atoms with van der Waals surface area (Å²) in [4.78, 5) is 14.9. The van der Waals surface area contributed by atoms with Gasteiger partial charge in [0.15, 0.2) is 15.6 Å². The van der Waals surface area contributed by atoms with Crippen molar-refractivity contribution in [1.82, 2.24) is 10.1 Å². The topological polar surface area (TPSA) is 80.5 Å². The molecule has 28 heavy (non-hydrogen) atoms. The molecule has 0 N–H and O–H groups in total. The summed E-state index contributed by atoms with van der Waals surface area (Å²) in [7, 11) is -3.47. The van der Waals surface area contributed by atoms with Crippen LogP contribution in [0.25, 0.3) is 11.3 Å². The number of nitrogens with zero attached hydrogens (tertiary/aromatic N) is 2. The van der Waals surface area contributed by atoms with Crippen LogP contribution in [0.5, 0.6) is 0 Å². The Morgan fingerprint density at radius 3 is 2.54 bits per heavy atom. The number of sulfone groups is 1. The molecule has 7 heteroatoms. The zero-order valence-electron chi connectivity index (χ0n) is 15.4. The number of aryl methyl sites for hydroxylation is 1. The maximum Gasteiger partial charge on any atom is 0.259 e. The van der Waals surface area contributed by atoms with Crippen molar-refractivity contribution in [1.29, 1.82) is 0 Å². The second-order valence-corrected chi connectivity index (χ2v) is 9.18. The minimum absolute atomic E-state index is 0.161. The maximum absolute atomic E-state index is 13.0. The molecule has 2 heterocycles. The fourth-order valence-electron chi connectivity index (χ4n) is 3.44. The lowest BCUT2D eigenvalue weighted by Gasteiger charge is -2.16. The summed E-state index contributed by atoms with van der Waals surface area (Å²) in [6.07, 6.45) is 1.81. The zero-order valence-corrected chi connectivity index (χ0v) is 16.2. The predicted molar refractivity (Wildman–Crippen MR) is 105 cm³/mol. The number of likely N-dealkylation sites (tertiary alicyclic amines) is 1. The Bertz CT molecular complexity index is 1090. The van der Waals surface area contributed by atoms with E-state index in [-0.39, 0.29) is 12.5 Å². The first-order valence-corrected chi connectivity index (χ1v) is 10.6. The molecule has 1 aliphatic heterocycles. The largest absolute Gasteiger partial charge is 0.355 e. The van der Waals surface area contributed by atoms with Crippen molar-refractivity contribution in [3.8, 4) is 11.3 Å². The van der Waals surface area contributed by atoms with Gasteiger partial charge in [-0.15, -0.1) is 0 Å². The molecule has 1 saturated heterocycles. The van der Waals surface area contributed by atoms with Gasteiger partial charge in [-0.2, -0.15) is 0 Å². The molecule has 6 nitrogen and oxygen atoms in total. The van der Waals surface area contributed by atoms with Crippen LogP contribution in [0.15, 0.2) is 70.2 Å². The number of benzene rings is 2. The van der Waals surface area contributed by atoms with Crippen molar-refractivity contribution in [3.05, 3.63) is 71.9 Å². The number of hydrogen-bond donors (Lipinski definition) is 0. The number of aromatic nitrogens is 1. The van der Waals surface area contributed by atoms with Crippen LogP contribution in [0.4, 0.5) is 0 Å². The fraction of sp³-hybridized carbons (Fsp3) is 0.238. The molecule has 1 aromatic heterocycles. The van der Waals surface area contributed by atoms with Crippen LogP contribution in [0.2, 0.25) is 0 Å². The molecule has 0 bridgehead atoms. The van der Waals surface area contributed by atoms with Gasteiger partial charge in [0.25, 0.3) is 5.91 Å². The number of carbonyl (C=O) groups excluding carboxylic acids is 1. The van der Waals surface area contributed by atoms with Gasteiger partial charge in [0.1, 0.15) is 5.56 Å². The van der Waals surface area contributed by atoms with Gasteiger partial charge in [-0.1, -0.05) is 53.2 Å². The van der Waals surface area contributed by atoms with Crippen molar-refractivity contribution in [2.24, 2.45) is 0 Å². The van der Waals surface area contributed by atoms with E-state index in [1.807, 2.05) is 31.2 Å². The molecular formula is C21H20N2O4S. The monoisotopic (exact) mass is 396 g/mol. The van der Waals surface area contributed by atoms with Gasteiger partial charge in [-0.3, -0.25) is 4.79 Å². The van der Waals surface area contributed by atoms with E-state index in [9.17, 15) is 13.2 Å². The summed E-state index contributed by atoms with van der Waals surface area (Å²) in [5.74, 6) is 0.141. The highest BCUT2D eigenvalue weighted by Gasteiger charge is 2.37. The third-order valence-corrected chi connectivity index (χ3v) is 7.25. The minimum atomic E-state index is -3.47. The minimum Gasteiger partial charge on any atom is -0.355 e. The normalized spacial score (nSPS) is 17.0. The van der Waals surface area contributed by atoms with Crippen LogP contribution in [0, 0.1) is 6.92 Å². The Hall–Kier alpha value is -2.93. The van der Waals surface area contributed by atoms with Crippen molar-refractivity contribution in [3.63, 3.8) is 0 Å². The molecule has 0 spiro atoms. The molecule has 1 atom stereocenters. The molecule has 1 aliphatic rings. The molecule has 0 aliphatic carbocycles. The Morgan fingerprint density at radius 1 is 1.11 bits per heavy atom. The van der Waals surface area contributed by atoms with Gasteiger partial charge in [0, 0.05) is 18.7 Å². The van der Waals surface area contributed by atoms with Crippen LogP contribution in [-0.4, -0.2) is 42.7 Å². The quantitative estimate of drug-likeness (QED) is 0.676. The molecule has 1 amide bonds. The number of hydrogen-bond acceptors (Lipinski definition) is 5. The van der Waals surface area contributed by atoms with Gasteiger partial charge in [-0.25, -0.2) is 8.42 Å². The SMILES string of the molecule is Cc1ccc(-c2oncc2C(=O)N2CCC(S(=O)(=O)c3ccccc3)C2)cc1. The Balaban J connectivity index is 1.55. The van der Waals surface area contributed by atoms with E-state index in [0.29, 0.717) is 29.2 Å². The van der Waals surface area contributed by atoms with Gasteiger partial charge < -0.3 is 9.42 Å². The number of rotatable bonds is 4. The second kappa shape index (κ2) is 7.24. The zero-order chi connectivity index (χ0) is 19.7. The van der Waals surface area contributed by atoms with Crippen LogP contribution >= 0.6 is 0 Å². The lowest BCUT2D eigenvalue weighted by molar-refractivity contribution is 0.0793. The van der Waals surface area contributed by atoms with Gasteiger partial charge in [0.2, 0.25) is 0 Å². The van der Waals surface area contributed by atoms with Crippen molar-refractivity contribution < 1.29 is 17.7 Å². The molecular weight excluding hydrogens is 376 g/mol. The van der Waals surface area contributed by atoms with E-state index in [0.717, 1.165) is 11.1 Å². The summed E-state index contributed by atoms with van der Waals surface area (Å²) in [6, 6.07) is 16.0. The summed E-state index contributed by atoms with van der Waals surface area (Å²) in [5, 5.41) is 3.18. The fourth-order valence-corrected chi connectivity index (χ4v) is 5.16. The van der Waals surface area contributed by atoms with Gasteiger partial charge in [-0.05, 0) is 25.5 Å². The van der Waals surface area contributed by atoms with E-state index in [4.69, 9.17) is 4.52 Å². The van der Waals surface area contributed by atoms with Gasteiger partial charge in [0.05, 0.1) is 16.3 Å². The van der Waals surface area contributed by atoms with Crippen molar-refractivity contribution in [2.45, 2.75) is 23.5 Å². The van der Waals surface area contributed by atoms with Crippen molar-refractivity contribution >= 4 is 15.7 Å². The molecule has 3 aromatic rings. The molecule has 1 unspecified atom stereocenters. The average Bonchev–Trinajstić information content (AvgIpc) is 3.39. The Morgan fingerprint density at radius 2 is 1.82 bits per heavy atom. The third kappa shape index (κ3) is 3.33. The lowest BCUT2D eigenvalue weighted by Crippen LogP contribution is -2.32. The summed E-state index contributed by atoms with van der Waals surface area (Å²) >= 11 is 0. The molecule has 0 saturated carbocycles. The van der Waals surface area contributed by atoms with E-state index in [2.05, 4.69) is 5.16 Å². The lowest BCUT2D eigenvalue weighted by atomic mass is 10.1. The van der Waals surface area contributed by atoms with Crippen LogP contribution in [0.1, 0.15) is 22.3 Å². The highest BCUT2D eigenvalue weighted by atomic mass is 32.2. The Labute approximate surface area is 163 Å². The summed E-state index contributed by atoms with van der Waals surface area (Å²) in [6.45, 7) is 2.52. The molecule has 144 valence electrons. The predicted octanol–water partition coefficient (Wildman–Crippen LogP) is 3.34. The maximum atomic E-state index is 13.0. The van der Waals surface area contributed by atoms with Crippen LogP contribution < -0.4 is 0 Å². The highest BCUT2D eigenvalue weighted by molar-refractivity contribution is 7.92. The molecule has 4 rings (SSSR count). The first-order chi connectivity index (χ1) is 13.5. The van der Waals surface area contributed by atoms with E-state index in [1.54, 1.807) is 35.2 Å². The molecule has 2 aromatic carbocycles.